The highest BCUT2D eigenvalue weighted by atomic mass is 19.1. The first-order valence-corrected chi connectivity index (χ1v) is 7.82. The molecular weight excluding hydrogens is 333 g/mol. The summed E-state index contributed by atoms with van der Waals surface area (Å²) in [6, 6.07) is 17.2. The van der Waals surface area contributed by atoms with E-state index in [1.54, 1.807) is 36.4 Å². The SMILES string of the molecule is N#Cc1ccccc1NC(=O)c1ccc(=O)n(Cc2ccc(F)cc2)c1. The molecule has 0 saturated carbocycles. The second-order valence-corrected chi connectivity index (χ2v) is 5.62. The molecule has 0 spiro atoms. The molecule has 1 aromatic heterocycles. The van der Waals surface area contributed by atoms with E-state index < -0.39 is 5.91 Å². The fourth-order valence-electron chi connectivity index (χ4n) is 2.46. The van der Waals surface area contributed by atoms with Crippen LogP contribution >= 0.6 is 0 Å². The molecule has 0 fully saturated rings. The molecule has 0 aliphatic rings. The van der Waals surface area contributed by atoms with Gasteiger partial charge in [-0.15, -0.1) is 0 Å². The minimum atomic E-state index is -0.430. The van der Waals surface area contributed by atoms with Crippen LogP contribution in [0.5, 0.6) is 0 Å². The summed E-state index contributed by atoms with van der Waals surface area (Å²) in [4.78, 5) is 24.5. The number of nitrogens with zero attached hydrogens (tertiary/aromatic N) is 2. The number of nitriles is 1. The lowest BCUT2D eigenvalue weighted by atomic mass is 10.1. The molecule has 128 valence electrons. The Balaban J connectivity index is 1.84. The van der Waals surface area contributed by atoms with Crippen molar-refractivity contribution >= 4 is 11.6 Å². The first-order chi connectivity index (χ1) is 12.6. The molecule has 3 rings (SSSR count). The maximum Gasteiger partial charge on any atom is 0.257 e. The third-order valence-electron chi connectivity index (χ3n) is 3.81. The van der Waals surface area contributed by atoms with Gasteiger partial charge in [0.1, 0.15) is 11.9 Å². The second kappa shape index (κ2) is 7.45. The Kier molecular flexibility index (Phi) is 4.90. The van der Waals surface area contributed by atoms with Crippen molar-refractivity contribution in [1.29, 1.82) is 5.26 Å². The monoisotopic (exact) mass is 347 g/mol. The second-order valence-electron chi connectivity index (χ2n) is 5.62. The highest BCUT2D eigenvalue weighted by Crippen LogP contribution is 2.15. The molecule has 0 bridgehead atoms. The lowest BCUT2D eigenvalue weighted by Crippen LogP contribution is -2.22. The topological polar surface area (TPSA) is 74.9 Å². The molecule has 26 heavy (non-hydrogen) atoms. The number of anilines is 1. The fourth-order valence-corrected chi connectivity index (χ4v) is 2.46. The first kappa shape index (κ1) is 17.1. The number of halogens is 1. The smallest absolute Gasteiger partial charge is 0.257 e. The average Bonchev–Trinajstić information content (AvgIpc) is 2.65. The number of rotatable bonds is 4. The quantitative estimate of drug-likeness (QED) is 0.788. The van der Waals surface area contributed by atoms with Gasteiger partial charge in [0.15, 0.2) is 0 Å². The zero-order chi connectivity index (χ0) is 18.5. The number of pyridine rings is 1. The maximum atomic E-state index is 13.0. The van der Waals surface area contributed by atoms with Crippen LogP contribution < -0.4 is 10.9 Å². The van der Waals surface area contributed by atoms with E-state index >= 15 is 0 Å². The Morgan fingerprint density at radius 3 is 2.54 bits per heavy atom. The van der Waals surface area contributed by atoms with Gasteiger partial charge in [-0.2, -0.15) is 5.26 Å². The average molecular weight is 347 g/mol. The Morgan fingerprint density at radius 1 is 1.08 bits per heavy atom. The van der Waals surface area contributed by atoms with Gasteiger partial charge >= 0.3 is 0 Å². The zero-order valence-corrected chi connectivity index (χ0v) is 13.6. The van der Waals surface area contributed by atoms with Gasteiger partial charge < -0.3 is 9.88 Å². The Labute approximate surface area is 149 Å². The third-order valence-corrected chi connectivity index (χ3v) is 3.81. The van der Waals surface area contributed by atoms with Crippen molar-refractivity contribution in [2.75, 3.05) is 5.32 Å². The highest BCUT2D eigenvalue weighted by molar-refractivity contribution is 6.04. The third kappa shape index (κ3) is 3.84. The fraction of sp³-hybridized carbons (Fsp3) is 0.0500. The Morgan fingerprint density at radius 2 is 1.81 bits per heavy atom. The molecule has 3 aromatic rings. The van der Waals surface area contributed by atoms with Crippen molar-refractivity contribution in [3.63, 3.8) is 0 Å². The van der Waals surface area contributed by atoms with E-state index in [-0.39, 0.29) is 23.5 Å². The minimum absolute atomic E-state index is 0.217. The van der Waals surface area contributed by atoms with Crippen LogP contribution in [0.25, 0.3) is 0 Å². The number of hydrogen-bond donors (Lipinski definition) is 1. The van der Waals surface area contributed by atoms with E-state index in [9.17, 15) is 14.0 Å². The van der Waals surface area contributed by atoms with Crippen molar-refractivity contribution < 1.29 is 9.18 Å². The molecular formula is C20H14FN3O2. The molecule has 0 saturated heterocycles. The molecule has 0 atom stereocenters. The summed E-state index contributed by atoms with van der Waals surface area (Å²) in [6.45, 7) is 0.217. The van der Waals surface area contributed by atoms with E-state index in [4.69, 9.17) is 5.26 Å². The van der Waals surface area contributed by atoms with Crippen LogP contribution in [0.1, 0.15) is 21.5 Å². The summed E-state index contributed by atoms with van der Waals surface area (Å²) in [5.74, 6) is -0.786. The lowest BCUT2D eigenvalue weighted by Gasteiger charge is -2.10. The van der Waals surface area contributed by atoms with Crippen LogP contribution in [-0.2, 0) is 6.54 Å². The van der Waals surface area contributed by atoms with E-state index in [1.807, 2.05) is 6.07 Å². The van der Waals surface area contributed by atoms with Crippen molar-refractivity contribution in [2.45, 2.75) is 6.54 Å². The lowest BCUT2D eigenvalue weighted by molar-refractivity contribution is 0.102. The van der Waals surface area contributed by atoms with Crippen LogP contribution in [0.3, 0.4) is 0 Å². The minimum Gasteiger partial charge on any atom is -0.321 e. The van der Waals surface area contributed by atoms with Gasteiger partial charge in [-0.3, -0.25) is 9.59 Å². The van der Waals surface area contributed by atoms with Crippen molar-refractivity contribution in [2.24, 2.45) is 0 Å². The summed E-state index contributed by atoms with van der Waals surface area (Å²) >= 11 is 0. The Hall–Kier alpha value is -3.72. The Bertz CT molecular complexity index is 1050. The number of amides is 1. The molecule has 0 aliphatic heterocycles. The van der Waals surface area contributed by atoms with Gasteiger partial charge in [0.2, 0.25) is 0 Å². The molecule has 0 radical (unpaired) electrons. The van der Waals surface area contributed by atoms with Gasteiger partial charge in [-0.05, 0) is 35.9 Å². The number of nitrogens with one attached hydrogen (secondary N) is 1. The maximum absolute atomic E-state index is 13.0. The standard InChI is InChI=1S/C20H14FN3O2/c21-17-8-5-14(6-9-17)12-24-13-16(7-10-19(24)25)20(26)23-18-4-2-1-3-15(18)11-22/h1-10,13H,12H2,(H,23,26). The van der Waals surface area contributed by atoms with Gasteiger partial charge in [0, 0.05) is 12.3 Å². The number of carbonyl (C=O) groups excluding carboxylic acids is 1. The molecule has 1 N–H and O–H groups in total. The van der Waals surface area contributed by atoms with E-state index in [1.165, 1.54) is 35.0 Å². The van der Waals surface area contributed by atoms with Crippen LogP contribution in [0.2, 0.25) is 0 Å². The summed E-state index contributed by atoms with van der Waals surface area (Å²) in [5, 5.41) is 11.8. The molecule has 1 heterocycles. The van der Waals surface area contributed by atoms with E-state index in [0.29, 0.717) is 11.3 Å². The number of aromatic nitrogens is 1. The van der Waals surface area contributed by atoms with Crippen molar-refractivity contribution in [3.8, 4) is 6.07 Å². The highest BCUT2D eigenvalue weighted by Gasteiger charge is 2.10. The van der Waals surface area contributed by atoms with Gasteiger partial charge in [-0.1, -0.05) is 24.3 Å². The number of benzene rings is 2. The summed E-state index contributed by atoms with van der Waals surface area (Å²) in [7, 11) is 0. The largest absolute Gasteiger partial charge is 0.321 e. The molecule has 0 aliphatic carbocycles. The molecule has 0 unspecified atom stereocenters. The number of para-hydroxylation sites is 1. The van der Waals surface area contributed by atoms with Gasteiger partial charge in [0.05, 0.1) is 23.4 Å². The number of hydrogen-bond acceptors (Lipinski definition) is 3. The van der Waals surface area contributed by atoms with Crippen molar-refractivity contribution in [3.05, 3.63) is 99.7 Å². The number of carbonyl (C=O) groups is 1. The predicted molar refractivity (Wildman–Crippen MR) is 95.3 cm³/mol. The van der Waals surface area contributed by atoms with Crippen molar-refractivity contribution in [1.82, 2.24) is 4.57 Å². The molecule has 6 heteroatoms. The first-order valence-electron chi connectivity index (χ1n) is 7.82. The van der Waals surface area contributed by atoms with Gasteiger partial charge in [0.25, 0.3) is 11.5 Å². The summed E-state index contributed by atoms with van der Waals surface area (Å²) < 4.78 is 14.4. The summed E-state index contributed by atoms with van der Waals surface area (Å²) in [5.41, 5.74) is 1.49. The van der Waals surface area contributed by atoms with Crippen LogP contribution in [0, 0.1) is 17.1 Å². The molecule has 2 aromatic carbocycles. The van der Waals surface area contributed by atoms with Gasteiger partial charge in [-0.25, -0.2) is 4.39 Å². The zero-order valence-electron chi connectivity index (χ0n) is 13.6. The molecule has 5 nitrogen and oxygen atoms in total. The summed E-state index contributed by atoms with van der Waals surface area (Å²) in [6.07, 6.45) is 1.44. The van der Waals surface area contributed by atoms with Crippen LogP contribution in [-0.4, -0.2) is 10.5 Å². The van der Waals surface area contributed by atoms with Crippen LogP contribution in [0.4, 0.5) is 10.1 Å². The van der Waals surface area contributed by atoms with E-state index in [2.05, 4.69) is 5.32 Å². The predicted octanol–water partition coefficient (Wildman–Crippen LogP) is 3.16. The van der Waals surface area contributed by atoms with E-state index in [0.717, 1.165) is 5.56 Å². The normalized spacial score (nSPS) is 10.2. The molecule has 1 amide bonds. The van der Waals surface area contributed by atoms with Crippen LogP contribution in [0.15, 0.2) is 71.7 Å².